The van der Waals surface area contributed by atoms with Gasteiger partial charge in [0.05, 0.1) is 11.9 Å². The lowest BCUT2D eigenvalue weighted by atomic mass is 9.95. The third-order valence-electron chi connectivity index (χ3n) is 5.58. The maximum Gasteiger partial charge on any atom is 0.269 e. The number of amides is 1. The summed E-state index contributed by atoms with van der Waals surface area (Å²) in [5.41, 5.74) is 1.66. The number of hydrogen-bond acceptors (Lipinski definition) is 4. The van der Waals surface area contributed by atoms with E-state index in [2.05, 4.69) is 10.3 Å². The predicted octanol–water partition coefficient (Wildman–Crippen LogP) is 3.52. The first-order valence-corrected chi connectivity index (χ1v) is 10.1. The molecular weight excluding hydrogens is 366 g/mol. The minimum atomic E-state index is -0.525. The molecule has 6 nitrogen and oxygen atoms in total. The minimum absolute atomic E-state index is 0.0462. The van der Waals surface area contributed by atoms with E-state index in [1.165, 1.54) is 11.0 Å². The fourth-order valence-electron chi connectivity index (χ4n) is 4.11. The molecule has 29 heavy (non-hydrogen) atoms. The molecule has 2 heterocycles. The van der Waals surface area contributed by atoms with E-state index < -0.39 is 11.5 Å². The van der Waals surface area contributed by atoms with Crippen molar-refractivity contribution in [2.45, 2.75) is 51.6 Å². The van der Waals surface area contributed by atoms with Crippen LogP contribution in [0.15, 0.2) is 47.4 Å². The van der Waals surface area contributed by atoms with Crippen molar-refractivity contribution in [3.8, 4) is 5.75 Å². The van der Waals surface area contributed by atoms with Crippen LogP contribution in [0.25, 0.3) is 11.0 Å². The lowest BCUT2D eigenvalue weighted by molar-refractivity contribution is 0.0923. The normalized spacial score (nSPS) is 14.8. The maximum absolute atomic E-state index is 13.3. The molecule has 150 valence electrons. The molecule has 3 aromatic rings. The topological polar surface area (TPSA) is 84.2 Å². The van der Waals surface area contributed by atoms with E-state index in [1.807, 2.05) is 31.2 Å². The zero-order valence-electron chi connectivity index (χ0n) is 16.5. The number of aromatic hydroxyl groups is 1. The van der Waals surface area contributed by atoms with Crippen LogP contribution in [0.1, 0.15) is 53.6 Å². The number of nitrogens with one attached hydrogen (secondary N) is 1. The third kappa shape index (κ3) is 3.88. The Morgan fingerprint density at radius 2 is 2.00 bits per heavy atom. The van der Waals surface area contributed by atoms with Gasteiger partial charge in [-0.3, -0.25) is 14.2 Å². The summed E-state index contributed by atoms with van der Waals surface area (Å²) in [5.74, 6) is -0.810. The molecule has 0 unspecified atom stereocenters. The van der Waals surface area contributed by atoms with E-state index in [4.69, 9.17) is 0 Å². The highest BCUT2D eigenvalue weighted by molar-refractivity contribution is 6.01. The van der Waals surface area contributed by atoms with Crippen LogP contribution in [0.5, 0.6) is 5.75 Å². The number of rotatable bonds is 4. The molecule has 6 heteroatoms. The molecule has 0 spiro atoms. The summed E-state index contributed by atoms with van der Waals surface area (Å²) in [4.78, 5) is 30.5. The second kappa shape index (κ2) is 8.07. The highest BCUT2D eigenvalue weighted by atomic mass is 16.3. The summed E-state index contributed by atoms with van der Waals surface area (Å²) in [7, 11) is 0. The molecule has 0 saturated heterocycles. The summed E-state index contributed by atoms with van der Waals surface area (Å²) in [6.45, 7) is 2.26. The molecule has 1 aliphatic carbocycles. The number of carbonyl (C=O) groups is 1. The smallest absolute Gasteiger partial charge is 0.269 e. The summed E-state index contributed by atoms with van der Waals surface area (Å²) >= 11 is 0. The number of aromatic nitrogens is 2. The Morgan fingerprint density at radius 1 is 1.21 bits per heavy atom. The zero-order chi connectivity index (χ0) is 20.4. The van der Waals surface area contributed by atoms with Crippen LogP contribution in [0.4, 0.5) is 0 Å². The van der Waals surface area contributed by atoms with Gasteiger partial charge in [-0.15, -0.1) is 0 Å². The molecular formula is C23H25N3O3. The van der Waals surface area contributed by atoms with Crippen molar-refractivity contribution in [3.05, 3.63) is 69.6 Å². The highest BCUT2D eigenvalue weighted by Gasteiger charge is 2.25. The van der Waals surface area contributed by atoms with Gasteiger partial charge in [0.15, 0.2) is 0 Å². The Labute approximate surface area is 169 Å². The van der Waals surface area contributed by atoms with Gasteiger partial charge in [0.25, 0.3) is 11.5 Å². The summed E-state index contributed by atoms with van der Waals surface area (Å²) < 4.78 is 1.47. The third-order valence-corrected chi connectivity index (χ3v) is 5.58. The van der Waals surface area contributed by atoms with E-state index in [0.717, 1.165) is 36.8 Å². The Hall–Kier alpha value is -3.15. The van der Waals surface area contributed by atoms with Crippen LogP contribution >= 0.6 is 0 Å². The molecule has 1 fully saturated rings. The number of hydrogen-bond donors (Lipinski definition) is 2. The van der Waals surface area contributed by atoms with Crippen molar-refractivity contribution < 1.29 is 9.90 Å². The van der Waals surface area contributed by atoms with E-state index in [-0.39, 0.29) is 23.9 Å². The lowest BCUT2D eigenvalue weighted by Gasteiger charge is -2.23. The number of pyridine rings is 2. The van der Waals surface area contributed by atoms with E-state index >= 15 is 0 Å². The van der Waals surface area contributed by atoms with Crippen molar-refractivity contribution in [1.29, 1.82) is 0 Å². The van der Waals surface area contributed by atoms with Crippen molar-refractivity contribution in [2.24, 2.45) is 0 Å². The second-order valence-corrected chi connectivity index (χ2v) is 7.79. The molecule has 4 rings (SSSR count). The lowest BCUT2D eigenvalue weighted by Crippen LogP contribution is -2.40. The molecule has 1 aromatic carbocycles. The molecule has 2 N–H and O–H groups in total. The van der Waals surface area contributed by atoms with Gasteiger partial charge in [-0.25, -0.2) is 4.98 Å². The molecule has 0 atom stereocenters. The van der Waals surface area contributed by atoms with Crippen molar-refractivity contribution >= 4 is 16.9 Å². The standard InChI is InChI=1S/C23H25N3O3/c1-15-7-5-8-16(13-15)14-26-21-18(11-6-12-24-21)20(27)19(23(26)29)22(28)25-17-9-3-2-4-10-17/h5-8,11-13,17,27H,2-4,9-10,14H2,1H3,(H,25,28). The van der Waals surface area contributed by atoms with Gasteiger partial charge < -0.3 is 10.4 Å². The second-order valence-electron chi connectivity index (χ2n) is 7.79. The SMILES string of the molecule is Cc1cccc(Cn2c(=O)c(C(=O)NC3CCCCC3)c(O)c3cccnc32)c1. The number of benzene rings is 1. The average molecular weight is 391 g/mol. The van der Waals surface area contributed by atoms with Gasteiger partial charge in [0.2, 0.25) is 0 Å². The molecule has 1 aliphatic rings. The molecule has 1 amide bonds. The Kier molecular flexibility index (Phi) is 5.34. The van der Waals surface area contributed by atoms with Gasteiger partial charge in [-0.2, -0.15) is 0 Å². The molecule has 0 bridgehead atoms. The molecule has 1 saturated carbocycles. The van der Waals surface area contributed by atoms with E-state index in [9.17, 15) is 14.7 Å². The summed E-state index contributed by atoms with van der Waals surface area (Å²) in [6, 6.07) is 11.3. The first-order valence-electron chi connectivity index (χ1n) is 10.1. The predicted molar refractivity (Wildman–Crippen MR) is 112 cm³/mol. The first-order chi connectivity index (χ1) is 14.0. The average Bonchev–Trinajstić information content (AvgIpc) is 2.72. The van der Waals surface area contributed by atoms with Crippen LogP contribution in [-0.2, 0) is 6.54 Å². The number of fused-ring (bicyclic) bond motifs is 1. The fourth-order valence-corrected chi connectivity index (χ4v) is 4.11. The van der Waals surface area contributed by atoms with Gasteiger partial charge in [0, 0.05) is 12.2 Å². The highest BCUT2D eigenvalue weighted by Crippen LogP contribution is 2.26. The quantitative estimate of drug-likeness (QED) is 0.713. The number of nitrogens with zero attached hydrogens (tertiary/aromatic N) is 2. The van der Waals surface area contributed by atoms with Crippen LogP contribution in [0.3, 0.4) is 0 Å². The van der Waals surface area contributed by atoms with Crippen molar-refractivity contribution in [3.63, 3.8) is 0 Å². The zero-order valence-corrected chi connectivity index (χ0v) is 16.5. The molecule has 2 aromatic heterocycles. The minimum Gasteiger partial charge on any atom is -0.506 e. The van der Waals surface area contributed by atoms with E-state index in [0.29, 0.717) is 11.0 Å². The van der Waals surface area contributed by atoms with Crippen LogP contribution in [0.2, 0.25) is 0 Å². The van der Waals surface area contributed by atoms with Crippen molar-refractivity contribution in [2.75, 3.05) is 0 Å². The Balaban J connectivity index is 1.80. The summed E-state index contributed by atoms with van der Waals surface area (Å²) in [5, 5.41) is 14.1. The van der Waals surface area contributed by atoms with Gasteiger partial charge in [0.1, 0.15) is 17.0 Å². The monoisotopic (exact) mass is 391 g/mol. The molecule has 0 radical (unpaired) electrons. The van der Waals surface area contributed by atoms with Crippen molar-refractivity contribution in [1.82, 2.24) is 14.9 Å². The van der Waals surface area contributed by atoms with Crippen LogP contribution in [0, 0.1) is 6.92 Å². The number of aryl methyl sites for hydroxylation is 1. The Bertz CT molecular complexity index is 1110. The summed E-state index contributed by atoms with van der Waals surface area (Å²) in [6.07, 6.45) is 6.68. The van der Waals surface area contributed by atoms with E-state index in [1.54, 1.807) is 18.3 Å². The van der Waals surface area contributed by atoms with Gasteiger partial charge in [-0.1, -0.05) is 49.1 Å². The Morgan fingerprint density at radius 3 is 2.76 bits per heavy atom. The van der Waals surface area contributed by atoms with Crippen LogP contribution in [-0.4, -0.2) is 26.6 Å². The maximum atomic E-state index is 13.3. The van der Waals surface area contributed by atoms with Crippen LogP contribution < -0.4 is 10.9 Å². The fraction of sp³-hybridized carbons (Fsp3) is 0.348. The molecule has 0 aliphatic heterocycles. The first kappa shape index (κ1) is 19.2. The number of carbonyl (C=O) groups excluding carboxylic acids is 1. The van der Waals surface area contributed by atoms with Gasteiger partial charge in [-0.05, 0) is 37.5 Å². The van der Waals surface area contributed by atoms with Gasteiger partial charge >= 0.3 is 0 Å². The largest absolute Gasteiger partial charge is 0.506 e.